The molecule has 2 fully saturated rings. The van der Waals surface area contributed by atoms with Crippen molar-refractivity contribution in [3.8, 4) is 0 Å². The van der Waals surface area contributed by atoms with Crippen LogP contribution in [0.15, 0.2) is 0 Å². The number of carbonyl (C=O) groups excluding carboxylic acids is 1. The van der Waals surface area contributed by atoms with Crippen LogP contribution in [0, 0.1) is 17.3 Å². The molecule has 0 amide bonds. The molecule has 50 valence electrons. The number of rotatable bonds is 2. The van der Waals surface area contributed by atoms with Gasteiger partial charge in [-0.05, 0) is 30.6 Å². The highest BCUT2D eigenvalue weighted by Crippen LogP contribution is 2.63. The van der Waals surface area contributed by atoms with Gasteiger partial charge in [-0.2, -0.15) is 0 Å². The molecule has 0 spiro atoms. The molecular weight excluding hydrogens is 112 g/mol. The number of carbonyl (C=O) groups is 1. The molecular formula is C8H12O. The van der Waals surface area contributed by atoms with Gasteiger partial charge in [0.25, 0.3) is 0 Å². The van der Waals surface area contributed by atoms with E-state index < -0.39 is 0 Å². The van der Waals surface area contributed by atoms with Gasteiger partial charge in [-0.1, -0.05) is 6.92 Å². The summed E-state index contributed by atoms with van der Waals surface area (Å²) in [4.78, 5) is 10.3. The van der Waals surface area contributed by atoms with Gasteiger partial charge < -0.3 is 4.79 Å². The van der Waals surface area contributed by atoms with E-state index in [1.807, 2.05) is 0 Å². The van der Waals surface area contributed by atoms with Crippen molar-refractivity contribution in [2.45, 2.75) is 26.2 Å². The van der Waals surface area contributed by atoms with Gasteiger partial charge in [-0.15, -0.1) is 0 Å². The fourth-order valence-electron chi connectivity index (χ4n) is 1.73. The Morgan fingerprint density at radius 3 is 2.56 bits per heavy atom. The van der Waals surface area contributed by atoms with Gasteiger partial charge in [-0.25, -0.2) is 0 Å². The summed E-state index contributed by atoms with van der Waals surface area (Å²) in [7, 11) is 0. The normalized spacial score (nSPS) is 44.1. The lowest BCUT2D eigenvalue weighted by Gasteiger charge is -2.02. The van der Waals surface area contributed by atoms with Gasteiger partial charge in [0.2, 0.25) is 0 Å². The van der Waals surface area contributed by atoms with Gasteiger partial charge in [-0.3, -0.25) is 0 Å². The molecule has 2 aliphatic rings. The summed E-state index contributed by atoms with van der Waals surface area (Å²) >= 11 is 0. The van der Waals surface area contributed by atoms with Crippen LogP contribution in [0.2, 0.25) is 0 Å². The average Bonchev–Trinajstić information content (AvgIpc) is 2.60. The highest BCUT2D eigenvalue weighted by Gasteiger charge is 2.55. The van der Waals surface area contributed by atoms with Crippen LogP contribution in [0.25, 0.3) is 0 Å². The summed E-state index contributed by atoms with van der Waals surface area (Å²) in [6.07, 6.45) is 5.04. The summed E-state index contributed by atoms with van der Waals surface area (Å²) in [5, 5.41) is 0. The predicted molar refractivity (Wildman–Crippen MR) is 35.0 cm³/mol. The Morgan fingerprint density at radius 2 is 2.22 bits per heavy atom. The maximum atomic E-state index is 10.3. The quantitative estimate of drug-likeness (QED) is 0.511. The maximum absolute atomic E-state index is 10.3. The van der Waals surface area contributed by atoms with Crippen LogP contribution in [0.1, 0.15) is 26.2 Å². The molecule has 0 aromatic carbocycles. The molecule has 2 saturated carbocycles. The highest BCUT2D eigenvalue weighted by molar-refractivity contribution is 5.58. The standard InChI is InChI=1S/C8H12O/c1-8(2-3-8)7-4-6(7)5-9/h5-7H,2-4H2,1H3/t6-,7-/m0/s1. The summed E-state index contributed by atoms with van der Waals surface area (Å²) < 4.78 is 0. The Morgan fingerprint density at radius 1 is 1.56 bits per heavy atom. The van der Waals surface area contributed by atoms with Crippen LogP contribution in [-0.4, -0.2) is 6.29 Å². The third kappa shape index (κ3) is 0.707. The summed E-state index contributed by atoms with van der Waals surface area (Å²) in [5.74, 6) is 1.22. The summed E-state index contributed by atoms with van der Waals surface area (Å²) in [6, 6.07) is 0. The smallest absolute Gasteiger partial charge is 0.123 e. The van der Waals surface area contributed by atoms with Crippen molar-refractivity contribution in [3.63, 3.8) is 0 Å². The van der Waals surface area contributed by atoms with Crippen molar-refractivity contribution in [2.24, 2.45) is 17.3 Å². The van der Waals surface area contributed by atoms with Crippen LogP contribution in [0.3, 0.4) is 0 Å². The molecule has 9 heavy (non-hydrogen) atoms. The minimum atomic E-state index is 0.442. The molecule has 0 aromatic rings. The molecule has 0 aromatic heterocycles. The molecule has 1 nitrogen and oxygen atoms in total. The number of aldehydes is 1. The van der Waals surface area contributed by atoms with Crippen LogP contribution in [0.5, 0.6) is 0 Å². The Bertz CT molecular complexity index is 147. The van der Waals surface area contributed by atoms with Crippen LogP contribution < -0.4 is 0 Å². The molecule has 0 radical (unpaired) electrons. The van der Waals surface area contributed by atoms with Crippen molar-refractivity contribution in [2.75, 3.05) is 0 Å². The lowest BCUT2D eigenvalue weighted by atomic mass is 10.0. The van der Waals surface area contributed by atoms with Crippen molar-refractivity contribution >= 4 is 6.29 Å². The molecule has 2 aliphatic carbocycles. The molecule has 0 aliphatic heterocycles. The third-order valence-electron chi connectivity index (χ3n) is 2.95. The monoisotopic (exact) mass is 124 g/mol. The molecule has 1 heteroatoms. The molecule has 0 unspecified atom stereocenters. The van der Waals surface area contributed by atoms with E-state index in [1.165, 1.54) is 19.3 Å². The molecule has 2 rings (SSSR count). The third-order valence-corrected chi connectivity index (χ3v) is 2.95. The second-order valence-electron chi connectivity index (χ2n) is 3.80. The van der Waals surface area contributed by atoms with E-state index >= 15 is 0 Å². The van der Waals surface area contributed by atoms with Gasteiger partial charge >= 0.3 is 0 Å². The Hall–Kier alpha value is -0.330. The SMILES string of the molecule is CC1([C@H]2C[C@H]2C=O)CC1. The first-order chi connectivity index (χ1) is 4.26. The second kappa shape index (κ2) is 1.39. The average molecular weight is 124 g/mol. The van der Waals surface area contributed by atoms with E-state index in [0.717, 1.165) is 12.2 Å². The van der Waals surface area contributed by atoms with Gasteiger partial charge in [0.1, 0.15) is 6.29 Å². The zero-order valence-electron chi connectivity index (χ0n) is 5.76. The summed E-state index contributed by atoms with van der Waals surface area (Å²) in [5.41, 5.74) is 0.603. The maximum Gasteiger partial charge on any atom is 0.123 e. The van der Waals surface area contributed by atoms with Gasteiger partial charge in [0, 0.05) is 5.92 Å². The van der Waals surface area contributed by atoms with E-state index in [9.17, 15) is 4.79 Å². The van der Waals surface area contributed by atoms with E-state index in [1.54, 1.807) is 0 Å². The topological polar surface area (TPSA) is 17.1 Å². The summed E-state index contributed by atoms with van der Waals surface area (Å²) in [6.45, 7) is 2.31. The van der Waals surface area contributed by atoms with Crippen LogP contribution in [0.4, 0.5) is 0 Å². The molecule has 0 N–H and O–H groups in total. The zero-order chi connectivity index (χ0) is 6.48. The second-order valence-corrected chi connectivity index (χ2v) is 3.80. The molecule has 2 atom stereocenters. The molecule has 0 bridgehead atoms. The van der Waals surface area contributed by atoms with E-state index in [2.05, 4.69) is 6.92 Å². The van der Waals surface area contributed by atoms with Crippen molar-refractivity contribution in [1.82, 2.24) is 0 Å². The highest BCUT2D eigenvalue weighted by atomic mass is 16.1. The Balaban J connectivity index is 1.96. The molecule has 0 heterocycles. The fraction of sp³-hybridized carbons (Fsp3) is 0.875. The Labute approximate surface area is 55.4 Å². The largest absolute Gasteiger partial charge is 0.303 e. The first-order valence-corrected chi connectivity index (χ1v) is 3.71. The Kier molecular flexibility index (Phi) is 0.842. The fourth-order valence-corrected chi connectivity index (χ4v) is 1.73. The van der Waals surface area contributed by atoms with E-state index in [0.29, 0.717) is 11.3 Å². The van der Waals surface area contributed by atoms with Gasteiger partial charge in [0.05, 0.1) is 0 Å². The van der Waals surface area contributed by atoms with Crippen molar-refractivity contribution in [1.29, 1.82) is 0 Å². The van der Waals surface area contributed by atoms with E-state index in [-0.39, 0.29) is 0 Å². The lowest BCUT2D eigenvalue weighted by molar-refractivity contribution is -0.109. The zero-order valence-corrected chi connectivity index (χ0v) is 5.76. The first kappa shape index (κ1) is 5.45. The predicted octanol–water partition coefficient (Wildman–Crippen LogP) is 1.62. The van der Waals surface area contributed by atoms with E-state index in [4.69, 9.17) is 0 Å². The van der Waals surface area contributed by atoms with Crippen LogP contribution >= 0.6 is 0 Å². The molecule has 0 saturated heterocycles. The minimum Gasteiger partial charge on any atom is -0.303 e. The van der Waals surface area contributed by atoms with Crippen molar-refractivity contribution in [3.05, 3.63) is 0 Å². The van der Waals surface area contributed by atoms with Crippen molar-refractivity contribution < 1.29 is 4.79 Å². The van der Waals surface area contributed by atoms with Gasteiger partial charge in [0.15, 0.2) is 0 Å². The lowest BCUT2D eigenvalue weighted by Crippen LogP contribution is -1.98. The number of hydrogen-bond donors (Lipinski definition) is 0. The first-order valence-electron chi connectivity index (χ1n) is 3.71. The van der Waals surface area contributed by atoms with Crippen LogP contribution in [-0.2, 0) is 4.79 Å². The minimum absolute atomic E-state index is 0.442. The number of hydrogen-bond acceptors (Lipinski definition) is 1.